The fourth-order valence-electron chi connectivity index (χ4n) is 2.87. The fraction of sp³-hybridized carbons (Fsp3) is 0.316. The first-order valence-corrected chi connectivity index (χ1v) is 8.45. The van der Waals surface area contributed by atoms with Crippen LogP contribution in [0.1, 0.15) is 44.2 Å². The van der Waals surface area contributed by atoms with Gasteiger partial charge in [0.15, 0.2) is 5.65 Å². The van der Waals surface area contributed by atoms with Crippen LogP contribution < -0.4 is 10.9 Å². The van der Waals surface area contributed by atoms with Crippen LogP contribution in [0.2, 0.25) is 0 Å². The Morgan fingerprint density at radius 1 is 1.32 bits per heavy atom. The number of H-pyrrole nitrogens is 1. The van der Waals surface area contributed by atoms with Crippen molar-refractivity contribution in [1.29, 1.82) is 5.26 Å². The topological polar surface area (TPSA) is 86.0 Å². The number of hydrogen-bond acceptors (Lipinski definition) is 4. The van der Waals surface area contributed by atoms with Crippen molar-refractivity contribution in [2.45, 2.75) is 33.1 Å². The van der Waals surface area contributed by atoms with Gasteiger partial charge in [-0.15, -0.1) is 0 Å². The molecule has 3 aromatic rings. The first-order chi connectivity index (χ1) is 12.1. The number of benzene rings is 1. The maximum Gasteiger partial charge on any atom is 0.276 e. The van der Waals surface area contributed by atoms with Gasteiger partial charge in [0.05, 0.1) is 5.69 Å². The van der Waals surface area contributed by atoms with E-state index >= 15 is 0 Å². The van der Waals surface area contributed by atoms with Crippen LogP contribution in [0, 0.1) is 11.3 Å². The number of nitriles is 1. The second kappa shape index (κ2) is 6.81. The molecule has 6 nitrogen and oxygen atoms in total. The molecule has 2 N–H and O–H groups in total. The molecule has 128 valence electrons. The van der Waals surface area contributed by atoms with E-state index in [1.165, 1.54) is 10.7 Å². The largest absolute Gasteiger partial charge is 0.385 e. The van der Waals surface area contributed by atoms with Crippen molar-refractivity contribution >= 4 is 11.3 Å². The van der Waals surface area contributed by atoms with E-state index in [0.29, 0.717) is 22.5 Å². The monoisotopic (exact) mass is 335 g/mol. The minimum absolute atomic E-state index is 0.0126. The molecule has 6 heteroatoms. The van der Waals surface area contributed by atoms with Gasteiger partial charge in [-0.2, -0.15) is 5.26 Å². The number of aromatic amines is 1. The predicted octanol–water partition coefficient (Wildman–Crippen LogP) is 3.51. The zero-order valence-electron chi connectivity index (χ0n) is 14.6. The summed E-state index contributed by atoms with van der Waals surface area (Å²) in [5.41, 5.74) is 3.74. The van der Waals surface area contributed by atoms with Crippen molar-refractivity contribution in [2.24, 2.45) is 0 Å². The summed E-state index contributed by atoms with van der Waals surface area (Å²) in [6.45, 7) is 6.97. The molecule has 25 heavy (non-hydrogen) atoms. The molecule has 0 amide bonds. The van der Waals surface area contributed by atoms with Crippen molar-refractivity contribution in [2.75, 3.05) is 11.9 Å². The van der Waals surface area contributed by atoms with Gasteiger partial charge in [-0.05, 0) is 24.5 Å². The lowest BCUT2D eigenvalue weighted by molar-refractivity contribution is 0.797. The Morgan fingerprint density at radius 2 is 2.04 bits per heavy atom. The van der Waals surface area contributed by atoms with Crippen LogP contribution in [0.4, 0.5) is 5.69 Å². The minimum atomic E-state index is -0.162. The molecule has 0 saturated heterocycles. The molecule has 0 fully saturated rings. The molecule has 0 spiro atoms. The van der Waals surface area contributed by atoms with E-state index in [9.17, 15) is 10.1 Å². The lowest BCUT2D eigenvalue weighted by Gasteiger charge is -2.13. The van der Waals surface area contributed by atoms with Gasteiger partial charge in [-0.3, -0.25) is 9.89 Å². The summed E-state index contributed by atoms with van der Waals surface area (Å²) in [5.74, 6) is 0.0126. The van der Waals surface area contributed by atoms with E-state index in [0.717, 1.165) is 24.2 Å². The Morgan fingerprint density at radius 3 is 2.64 bits per heavy atom. The summed E-state index contributed by atoms with van der Waals surface area (Å²) in [4.78, 5) is 17.5. The molecule has 0 radical (unpaired) electrons. The van der Waals surface area contributed by atoms with Crippen LogP contribution in [0.3, 0.4) is 0 Å². The van der Waals surface area contributed by atoms with Gasteiger partial charge in [-0.25, -0.2) is 9.50 Å². The van der Waals surface area contributed by atoms with Crippen molar-refractivity contribution in [3.8, 4) is 17.3 Å². The highest BCUT2D eigenvalue weighted by Gasteiger charge is 2.19. The Labute approximate surface area is 146 Å². The van der Waals surface area contributed by atoms with Crippen LogP contribution in [0.25, 0.3) is 16.9 Å². The van der Waals surface area contributed by atoms with Gasteiger partial charge in [0.1, 0.15) is 11.6 Å². The number of aromatic nitrogens is 3. The number of rotatable bonds is 5. The average Bonchev–Trinajstić information content (AvgIpc) is 3.03. The summed E-state index contributed by atoms with van der Waals surface area (Å²) < 4.78 is 1.34. The number of hydrogen-bond donors (Lipinski definition) is 2. The third-order valence-corrected chi connectivity index (χ3v) is 4.13. The second-order valence-electron chi connectivity index (χ2n) is 6.30. The molecule has 2 aromatic heterocycles. The average molecular weight is 335 g/mol. The van der Waals surface area contributed by atoms with E-state index in [4.69, 9.17) is 0 Å². The standard InChI is InChI=1S/C19H21N5O/c1-4-9-21-15-7-5-13(6-8-15)17-16(12(2)3)19(25)24-18(23-17)14(10-20)11-22-24/h5-8,11-12,21-22H,4,9H2,1-3H3. The molecule has 0 aliphatic heterocycles. The third kappa shape index (κ3) is 3.01. The third-order valence-electron chi connectivity index (χ3n) is 4.13. The zero-order valence-corrected chi connectivity index (χ0v) is 14.6. The Bertz CT molecular complexity index is 990. The molecule has 1 aromatic carbocycles. The van der Waals surface area contributed by atoms with Crippen molar-refractivity contribution in [3.63, 3.8) is 0 Å². The first-order valence-electron chi connectivity index (χ1n) is 8.45. The molecule has 3 rings (SSSR count). The molecule has 0 atom stereocenters. The second-order valence-corrected chi connectivity index (χ2v) is 6.30. The Balaban J connectivity index is 2.18. The van der Waals surface area contributed by atoms with Gasteiger partial charge in [0, 0.05) is 29.6 Å². The smallest absolute Gasteiger partial charge is 0.276 e. The van der Waals surface area contributed by atoms with E-state index in [1.54, 1.807) is 0 Å². The molecule has 0 bridgehead atoms. The Hall–Kier alpha value is -3.07. The van der Waals surface area contributed by atoms with Gasteiger partial charge in [-0.1, -0.05) is 32.9 Å². The summed E-state index contributed by atoms with van der Waals surface area (Å²) in [7, 11) is 0. The van der Waals surface area contributed by atoms with E-state index in [-0.39, 0.29) is 11.5 Å². The normalized spacial score (nSPS) is 11.0. The first kappa shape index (κ1) is 16.8. The molecule has 2 heterocycles. The number of fused-ring (bicyclic) bond motifs is 1. The highest BCUT2D eigenvalue weighted by molar-refractivity contribution is 5.69. The molecule has 0 aliphatic rings. The summed E-state index contributed by atoms with van der Waals surface area (Å²) in [6.07, 6.45) is 2.56. The van der Waals surface area contributed by atoms with Crippen molar-refractivity contribution < 1.29 is 0 Å². The number of nitrogens with zero attached hydrogens (tertiary/aromatic N) is 3. The number of nitrogens with one attached hydrogen (secondary N) is 2. The van der Waals surface area contributed by atoms with Crippen LogP contribution in [0.5, 0.6) is 0 Å². The van der Waals surface area contributed by atoms with Crippen molar-refractivity contribution in [1.82, 2.24) is 14.6 Å². The molecular weight excluding hydrogens is 314 g/mol. The molecule has 0 aliphatic carbocycles. The summed E-state index contributed by atoms with van der Waals surface area (Å²) in [5, 5.41) is 15.4. The lowest BCUT2D eigenvalue weighted by Crippen LogP contribution is -2.22. The molecule has 0 saturated carbocycles. The van der Waals surface area contributed by atoms with Gasteiger partial charge in [0.2, 0.25) is 0 Å². The maximum atomic E-state index is 12.9. The van der Waals surface area contributed by atoms with Crippen LogP contribution in [0.15, 0.2) is 35.3 Å². The number of anilines is 1. The van der Waals surface area contributed by atoms with Gasteiger partial charge < -0.3 is 5.32 Å². The Kier molecular flexibility index (Phi) is 4.57. The molecule has 0 unspecified atom stereocenters. The SMILES string of the molecule is CCCNc1ccc(-c2nc3c(C#N)c[nH]n3c(=O)c2C(C)C)cc1. The van der Waals surface area contributed by atoms with Gasteiger partial charge in [0.25, 0.3) is 5.56 Å². The fourth-order valence-corrected chi connectivity index (χ4v) is 2.87. The van der Waals surface area contributed by atoms with Gasteiger partial charge >= 0.3 is 0 Å². The maximum absolute atomic E-state index is 12.9. The lowest BCUT2D eigenvalue weighted by atomic mass is 9.98. The zero-order chi connectivity index (χ0) is 18.0. The highest BCUT2D eigenvalue weighted by Crippen LogP contribution is 2.27. The molecular formula is C19H21N5O. The van der Waals surface area contributed by atoms with E-state index in [1.807, 2.05) is 38.1 Å². The van der Waals surface area contributed by atoms with Crippen molar-refractivity contribution in [3.05, 3.63) is 51.9 Å². The van der Waals surface area contributed by atoms with Crippen LogP contribution in [-0.2, 0) is 0 Å². The van der Waals surface area contributed by atoms with Crippen LogP contribution in [-0.4, -0.2) is 21.1 Å². The van der Waals surface area contributed by atoms with E-state index in [2.05, 4.69) is 28.4 Å². The minimum Gasteiger partial charge on any atom is -0.385 e. The van der Waals surface area contributed by atoms with E-state index < -0.39 is 0 Å². The summed E-state index contributed by atoms with van der Waals surface area (Å²) in [6, 6.07) is 9.97. The summed E-state index contributed by atoms with van der Waals surface area (Å²) >= 11 is 0. The quantitative estimate of drug-likeness (QED) is 0.747. The van der Waals surface area contributed by atoms with Crippen LogP contribution >= 0.6 is 0 Å². The predicted molar refractivity (Wildman–Crippen MR) is 98.8 cm³/mol. The highest BCUT2D eigenvalue weighted by atomic mass is 16.1.